The molecule has 0 aromatic carbocycles. The minimum Gasteiger partial charge on any atom is -0.481 e. The van der Waals surface area contributed by atoms with Crippen LogP contribution in [0.2, 0.25) is 0 Å². The van der Waals surface area contributed by atoms with Gasteiger partial charge in [0.25, 0.3) is 0 Å². The summed E-state index contributed by atoms with van der Waals surface area (Å²) in [5.41, 5.74) is 1.21. The molecule has 1 unspecified atom stereocenters. The quantitative estimate of drug-likeness (QED) is 0.854. The first-order valence-corrected chi connectivity index (χ1v) is 7.49. The van der Waals surface area contributed by atoms with E-state index in [0.29, 0.717) is 6.42 Å². The Morgan fingerprint density at radius 1 is 1.45 bits per heavy atom. The van der Waals surface area contributed by atoms with Gasteiger partial charge in [-0.15, -0.1) is 11.3 Å². The molecule has 5 nitrogen and oxygen atoms in total. The summed E-state index contributed by atoms with van der Waals surface area (Å²) in [5, 5.41) is 13.1. The van der Waals surface area contributed by atoms with Crippen LogP contribution in [0, 0.1) is 13.8 Å². The van der Waals surface area contributed by atoms with Crippen LogP contribution in [0.15, 0.2) is 6.33 Å². The summed E-state index contributed by atoms with van der Waals surface area (Å²) in [6, 6.07) is 0.187. The number of carbonyl (C=O) groups is 1. The zero-order valence-electron chi connectivity index (χ0n) is 11.9. The first-order chi connectivity index (χ1) is 9.49. The van der Waals surface area contributed by atoms with E-state index in [9.17, 15) is 4.79 Å². The molecule has 0 fully saturated rings. The normalized spacial score (nSPS) is 12.6. The number of anilines is 1. The van der Waals surface area contributed by atoms with E-state index in [4.69, 9.17) is 5.11 Å². The summed E-state index contributed by atoms with van der Waals surface area (Å²) >= 11 is 1.67. The maximum absolute atomic E-state index is 10.5. The van der Waals surface area contributed by atoms with Gasteiger partial charge in [0.2, 0.25) is 0 Å². The lowest BCUT2D eigenvalue weighted by Gasteiger charge is -2.14. The van der Waals surface area contributed by atoms with Gasteiger partial charge in [0.15, 0.2) is 0 Å². The van der Waals surface area contributed by atoms with Gasteiger partial charge in [-0.05, 0) is 39.2 Å². The van der Waals surface area contributed by atoms with Gasteiger partial charge in [0.1, 0.15) is 17.0 Å². The third-order valence-electron chi connectivity index (χ3n) is 3.38. The van der Waals surface area contributed by atoms with Crippen LogP contribution in [-0.2, 0) is 4.79 Å². The zero-order chi connectivity index (χ0) is 14.7. The second-order valence-corrected chi connectivity index (χ2v) is 6.22. The molecule has 0 saturated carbocycles. The average Bonchev–Trinajstić information content (AvgIpc) is 2.65. The van der Waals surface area contributed by atoms with E-state index < -0.39 is 5.97 Å². The van der Waals surface area contributed by atoms with Crippen LogP contribution < -0.4 is 5.32 Å². The molecule has 0 saturated heterocycles. The Morgan fingerprint density at radius 3 is 2.90 bits per heavy atom. The van der Waals surface area contributed by atoms with Crippen LogP contribution in [-0.4, -0.2) is 27.1 Å². The van der Waals surface area contributed by atoms with Crippen molar-refractivity contribution in [3.05, 3.63) is 16.8 Å². The third-order valence-corrected chi connectivity index (χ3v) is 4.49. The summed E-state index contributed by atoms with van der Waals surface area (Å²) in [4.78, 5) is 21.4. The molecule has 0 aliphatic heterocycles. The van der Waals surface area contributed by atoms with E-state index in [1.54, 1.807) is 17.7 Å². The Kier molecular flexibility index (Phi) is 4.54. The molecule has 2 heterocycles. The number of carboxylic acids is 1. The molecule has 20 heavy (non-hydrogen) atoms. The highest BCUT2D eigenvalue weighted by molar-refractivity contribution is 7.18. The minimum absolute atomic E-state index is 0.187. The average molecular weight is 293 g/mol. The van der Waals surface area contributed by atoms with E-state index in [1.165, 1.54) is 10.4 Å². The number of rotatable bonds is 6. The van der Waals surface area contributed by atoms with E-state index in [1.807, 2.05) is 6.92 Å². The minimum atomic E-state index is -0.745. The molecule has 6 heteroatoms. The van der Waals surface area contributed by atoms with E-state index in [0.717, 1.165) is 22.5 Å². The number of carboxylic acid groups (broad SMARTS) is 1. The molecule has 0 aliphatic rings. The molecule has 2 rings (SSSR count). The highest BCUT2D eigenvalue weighted by Gasteiger charge is 2.13. The number of aromatic nitrogens is 2. The Balaban J connectivity index is 2.11. The van der Waals surface area contributed by atoms with Crippen LogP contribution in [0.4, 0.5) is 5.82 Å². The summed E-state index contributed by atoms with van der Waals surface area (Å²) in [7, 11) is 0. The molecule has 0 radical (unpaired) electrons. The van der Waals surface area contributed by atoms with Crippen molar-refractivity contribution in [2.24, 2.45) is 0 Å². The molecule has 0 bridgehead atoms. The fraction of sp³-hybridized carbons (Fsp3) is 0.500. The topological polar surface area (TPSA) is 75.1 Å². The number of nitrogens with zero attached hydrogens (tertiary/aromatic N) is 2. The molecule has 0 spiro atoms. The molecular formula is C14H19N3O2S. The smallest absolute Gasteiger partial charge is 0.303 e. The molecule has 0 aliphatic carbocycles. The second-order valence-electron chi connectivity index (χ2n) is 5.02. The molecule has 0 amide bonds. The standard InChI is InChI=1S/C14H19N3O2S/c1-8(5-4-6-11(18)19)17-13-12-9(2)10(3)20-14(12)16-7-15-13/h7-8H,4-6H2,1-3H3,(H,18,19)(H,15,16,17). The lowest BCUT2D eigenvalue weighted by molar-refractivity contribution is -0.137. The van der Waals surface area contributed by atoms with Crippen molar-refractivity contribution in [1.82, 2.24) is 9.97 Å². The summed E-state index contributed by atoms with van der Waals surface area (Å²) in [5.74, 6) is 0.102. The molecular weight excluding hydrogens is 274 g/mol. The van der Waals surface area contributed by atoms with Gasteiger partial charge in [-0.25, -0.2) is 9.97 Å². The Morgan fingerprint density at radius 2 is 2.20 bits per heavy atom. The SMILES string of the molecule is Cc1sc2ncnc(NC(C)CCCC(=O)O)c2c1C. The lowest BCUT2D eigenvalue weighted by atomic mass is 10.1. The van der Waals surface area contributed by atoms with Gasteiger partial charge in [-0.3, -0.25) is 4.79 Å². The van der Waals surface area contributed by atoms with Crippen molar-refractivity contribution >= 4 is 33.3 Å². The Labute approximate surface area is 122 Å². The van der Waals surface area contributed by atoms with Gasteiger partial charge in [-0.2, -0.15) is 0 Å². The number of hydrogen-bond donors (Lipinski definition) is 2. The number of aryl methyl sites for hydroxylation is 2. The van der Waals surface area contributed by atoms with Crippen molar-refractivity contribution in [2.75, 3.05) is 5.32 Å². The Hall–Kier alpha value is -1.69. The number of thiophene rings is 1. The highest BCUT2D eigenvalue weighted by atomic mass is 32.1. The van der Waals surface area contributed by atoms with Gasteiger partial charge in [-0.1, -0.05) is 0 Å². The second kappa shape index (κ2) is 6.17. The van der Waals surface area contributed by atoms with Crippen LogP contribution in [0.3, 0.4) is 0 Å². The van der Waals surface area contributed by atoms with Crippen molar-refractivity contribution < 1.29 is 9.90 Å². The van der Waals surface area contributed by atoms with Crippen LogP contribution >= 0.6 is 11.3 Å². The van der Waals surface area contributed by atoms with Crippen molar-refractivity contribution in [3.8, 4) is 0 Å². The van der Waals surface area contributed by atoms with Gasteiger partial charge in [0, 0.05) is 17.3 Å². The fourth-order valence-electron chi connectivity index (χ4n) is 2.16. The monoisotopic (exact) mass is 293 g/mol. The molecule has 2 aromatic heterocycles. The molecule has 108 valence electrons. The van der Waals surface area contributed by atoms with Crippen molar-refractivity contribution in [1.29, 1.82) is 0 Å². The van der Waals surface area contributed by atoms with Crippen molar-refractivity contribution in [3.63, 3.8) is 0 Å². The van der Waals surface area contributed by atoms with Gasteiger partial charge in [0.05, 0.1) is 5.39 Å². The Bertz CT molecular complexity index is 624. The number of hydrogen-bond acceptors (Lipinski definition) is 5. The predicted octanol–water partition coefficient (Wildman–Crippen LogP) is 3.36. The highest BCUT2D eigenvalue weighted by Crippen LogP contribution is 2.32. The third kappa shape index (κ3) is 3.25. The zero-order valence-corrected chi connectivity index (χ0v) is 12.8. The number of aliphatic carboxylic acids is 1. The van der Waals surface area contributed by atoms with Gasteiger partial charge < -0.3 is 10.4 Å². The van der Waals surface area contributed by atoms with E-state index in [2.05, 4.69) is 29.1 Å². The summed E-state index contributed by atoms with van der Waals surface area (Å²) in [6.45, 7) is 6.21. The van der Waals surface area contributed by atoms with Crippen LogP contribution in [0.1, 0.15) is 36.6 Å². The molecule has 2 aromatic rings. The lowest BCUT2D eigenvalue weighted by Crippen LogP contribution is -2.16. The molecule has 1 atom stereocenters. The maximum Gasteiger partial charge on any atom is 0.303 e. The summed E-state index contributed by atoms with van der Waals surface area (Å²) < 4.78 is 0. The summed E-state index contributed by atoms with van der Waals surface area (Å²) in [6.07, 6.45) is 3.26. The van der Waals surface area contributed by atoms with E-state index >= 15 is 0 Å². The maximum atomic E-state index is 10.5. The number of nitrogens with one attached hydrogen (secondary N) is 1. The predicted molar refractivity (Wildman–Crippen MR) is 81.5 cm³/mol. The first kappa shape index (κ1) is 14.7. The first-order valence-electron chi connectivity index (χ1n) is 6.68. The largest absolute Gasteiger partial charge is 0.481 e. The van der Waals surface area contributed by atoms with Crippen LogP contribution in [0.25, 0.3) is 10.2 Å². The fourth-order valence-corrected chi connectivity index (χ4v) is 3.15. The van der Waals surface area contributed by atoms with Crippen LogP contribution in [0.5, 0.6) is 0 Å². The number of fused-ring (bicyclic) bond motifs is 1. The van der Waals surface area contributed by atoms with Gasteiger partial charge >= 0.3 is 5.97 Å². The molecule has 2 N–H and O–H groups in total. The van der Waals surface area contributed by atoms with E-state index in [-0.39, 0.29) is 12.5 Å². The van der Waals surface area contributed by atoms with Crippen molar-refractivity contribution in [2.45, 2.75) is 46.1 Å².